The minimum atomic E-state index is -0.966. The molecule has 0 heterocycles. The van der Waals surface area contributed by atoms with Crippen LogP contribution in [0.3, 0.4) is 0 Å². The van der Waals surface area contributed by atoms with E-state index < -0.39 is 5.97 Å². The molecule has 0 aromatic heterocycles. The zero-order valence-corrected chi connectivity index (χ0v) is 14.6. The fourth-order valence-corrected chi connectivity index (χ4v) is 2.46. The van der Waals surface area contributed by atoms with E-state index in [-0.39, 0.29) is 11.0 Å². The quantitative estimate of drug-likeness (QED) is 0.796. The molecule has 0 radical (unpaired) electrons. The molecule has 0 atom stereocenters. The van der Waals surface area contributed by atoms with Crippen molar-refractivity contribution >= 4 is 5.97 Å². The highest BCUT2D eigenvalue weighted by Crippen LogP contribution is 2.33. The minimum Gasteiger partial charge on any atom is -0.490 e. The summed E-state index contributed by atoms with van der Waals surface area (Å²) in [6.07, 6.45) is 0. The number of carboxylic acids is 1. The SMILES string of the molecule is Cc1cccc(C(C)(C)C)c1OCCOc1cccc(C(=O)O)c1. The summed E-state index contributed by atoms with van der Waals surface area (Å²) >= 11 is 0. The molecule has 2 rings (SSSR count). The highest BCUT2D eigenvalue weighted by molar-refractivity contribution is 5.87. The Hall–Kier alpha value is -2.49. The third-order valence-corrected chi connectivity index (χ3v) is 3.70. The Labute approximate surface area is 143 Å². The van der Waals surface area contributed by atoms with Gasteiger partial charge in [0, 0.05) is 0 Å². The lowest BCUT2D eigenvalue weighted by molar-refractivity contribution is 0.0696. The summed E-state index contributed by atoms with van der Waals surface area (Å²) in [5.74, 6) is 0.457. The molecule has 4 heteroatoms. The van der Waals surface area contributed by atoms with Gasteiger partial charge in [0.15, 0.2) is 0 Å². The van der Waals surface area contributed by atoms with Crippen LogP contribution in [0.4, 0.5) is 0 Å². The summed E-state index contributed by atoms with van der Waals surface area (Å²) in [4.78, 5) is 11.0. The maximum Gasteiger partial charge on any atom is 0.335 e. The van der Waals surface area contributed by atoms with Gasteiger partial charge in [-0.2, -0.15) is 0 Å². The van der Waals surface area contributed by atoms with Crippen molar-refractivity contribution in [1.82, 2.24) is 0 Å². The Morgan fingerprint density at radius 1 is 1.04 bits per heavy atom. The van der Waals surface area contributed by atoms with Gasteiger partial charge >= 0.3 is 5.97 Å². The molecule has 0 spiro atoms. The molecular weight excluding hydrogens is 304 g/mol. The van der Waals surface area contributed by atoms with E-state index in [0.717, 1.165) is 16.9 Å². The predicted octanol–water partition coefficient (Wildman–Crippen LogP) is 4.45. The van der Waals surface area contributed by atoms with Gasteiger partial charge in [0.1, 0.15) is 24.7 Å². The lowest BCUT2D eigenvalue weighted by atomic mass is 9.85. The van der Waals surface area contributed by atoms with Crippen molar-refractivity contribution in [3.8, 4) is 11.5 Å². The van der Waals surface area contributed by atoms with Crippen molar-refractivity contribution in [3.05, 3.63) is 59.2 Å². The van der Waals surface area contributed by atoms with Gasteiger partial charge in [-0.05, 0) is 41.7 Å². The average molecular weight is 328 g/mol. The first-order chi connectivity index (χ1) is 11.3. The van der Waals surface area contributed by atoms with E-state index in [1.54, 1.807) is 12.1 Å². The number of hydrogen-bond acceptors (Lipinski definition) is 3. The maximum atomic E-state index is 11.0. The highest BCUT2D eigenvalue weighted by atomic mass is 16.5. The average Bonchev–Trinajstić information content (AvgIpc) is 2.52. The van der Waals surface area contributed by atoms with Crippen molar-refractivity contribution < 1.29 is 19.4 Å². The number of aryl methyl sites for hydroxylation is 1. The normalized spacial score (nSPS) is 11.2. The monoisotopic (exact) mass is 328 g/mol. The summed E-state index contributed by atoms with van der Waals surface area (Å²) < 4.78 is 11.5. The Balaban J connectivity index is 1.98. The van der Waals surface area contributed by atoms with Crippen LogP contribution in [0.5, 0.6) is 11.5 Å². The fraction of sp³-hybridized carbons (Fsp3) is 0.350. The largest absolute Gasteiger partial charge is 0.490 e. The van der Waals surface area contributed by atoms with Crippen molar-refractivity contribution in [2.75, 3.05) is 13.2 Å². The van der Waals surface area contributed by atoms with Crippen LogP contribution in [0.2, 0.25) is 0 Å². The Bertz CT molecular complexity index is 714. The molecule has 1 N–H and O–H groups in total. The fourth-order valence-electron chi connectivity index (χ4n) is 2.46. The van der Waals surface area contributed by atoms with Crippen LogP contribution in [0.15, 0.2) is 42.5 Å². The number of para-hydroxylation sites is 1. The summed E-state index contributed by atoms with van der Waals surface area (Å²) in [5.41, 5.74) is 2.46. The molecule has 0 aliphatic carbocycles. The topological polar surface area (TPSA) is 55.8 Å². The molecule has 0 unspecified atom stereocenters. The molecule has 0 amide bonds. The van der Waals surface area contributed by atoms with E-state index in [1.165, 1.54) is 12.1 Å². The van der Waals surface area contributed by atoms with Gasteiger partial charge in [-0.3, -0.25) is 0 Å². The number of ether oxygens (including phenoxy) is 2. The number of carbonyl (C=O) groups is 1. The minimum absolute atomic E-state index is 0.00195. The molecule has 0 saturated heterocycles. The lowest BCUT2D eigenvalue weighted by Crippen LogP contribution is -2.16. The molecule has 2 aromatic rings. The highest BCUT2D eigenvalue weighted by Gasteiger charge is 2.20. The molecular formula is C20H24O4. The van der Waals surface area contributed by atoms with Gasteiger partial charge in [0.05, 0.1) is 5.56 Å². The molecule has 128 valence electrons. The number of hydrogen-bond donors (Lipinski definition) is 1. The van der Waals surface area contributed by atoms with Crippen LogP contribution >= 0.6 is 0 Å². The zero-order chi connectivity index (χ0) is 17.7. The number of rotatable bonds is 6. The van der Waals surface area contributed by atoms with E-state index in [2.05, 4.69) is 26.8 Å². The van der Waals surface area contributed by atoms with Crippen molar-refractivity contribution in [2.24, 2.45) is 0 Å². The standard InChI is InChI=1S/C20H24O4/c1-14-7-5-10-17(20(2,3)4)18(14)24-12-11-23-16-9-6-8-15(13-16)19(21)22/h5-10,13H,11-12H2,1-4H3,(H,21,22). The molecule has 4 nitrogen and oxygen atoms in total. The maximum absolute atomic E-state index is 11.0. The molecule has 0 bridgehead atoms. The smallest absolute Gasteiger partial charge is 0.335 e. The van der Waals surface area contributed by atoms with Crippen LogP contribution in [-0.4, -0.2) is 24.3 Å². The molecule has 0 saturated carbocycles. The Kier molecular flexibility index (Phi) is 5.50. The van der Waals surface area contributed by atoms with Crippen molar-refractivity contribution in [3.63, 3.8) is 0 Å². The predicted molar refractivity (Wildman–Crippen MR) is 94.3 cm³/mol. The van der Waals surface area contributed by atoms with E-state index in [4.69, 9.17) is 14.6 Å². The summed E-state index contributed by atoms with van der Waals surface area (Å²) in [6.45, 7) is 9.24. The molecule has 0 aliphatic rings. The number of aromatic carboxylic acids is 1. The van der Waals surface area contributed by atoms with E-state index in [1.807, 2.05) is 19.1 Å². The summed E-state index contributed by atoms with van der Waals surface area (Å²) in [6, 6.07) is 12.6. The molecule has 0 fully saturated rings. The second kappa shape index (κ2) is 7.39. The van der Waals surface area contributed by atoms with Crippen LogP contribution in [0, 0.1) is 6.92 Å². The van der Waals surface area contributed by atoms with Gasteiger partial charge < -0.3 is 14.6 Å². The van der Waals surface area contributed by atoms with Gasteiger partial charge in [0.25, 0.3) is 0 Å². The van der Waals surface area contributed by atoms with E-state index in [9.17, 15) is 4.79 Å². The van der Waals surface area contributed by atoms with Crippen molar-refractivity contribution in [2.45, 2.75) is 33.1 Å². The van der Waals surface area contributed by atoms with E-state index >= 15 is 0 Å². The second-order valence-corrected chi connectivity index (χ2v) is 6.73. The molecule has 24 heavy (non-hydrogen) atoms. The first-order valence-electron chi connectivity index (χ1n) is 7.98. The Morgan fingerprint density at radius 3 is 2.38 bits per heavy atom. The zero-order valence-electron chi connectivity index (χ0n) is 14.6. The first kappa shape index (κ1) is 17.9. The van der Waals surface area contributed by atoms with Gasteiger partial charge in [0.2, 0.25) is 0 Å². The number of benzene rings is 2. The third kappa shape index (κ3) is 4.51. The summed E-state index contributed by atoms with van der Waals surface area (Å²) in [5, 5.41) is 8.99. The van der Waals surface area contributed by atoms with Crippen LogP contribution < -0.4 is 9.47 Å². The van der Waals surface area contributed by atoms with E-state index in [0.29, 0.717) is 19.0 Å². The second-order valence-electron chi connectivity index (χ2n) is 6.73. The van der Waals surface area contributed by atoms with Gasteiger partial charge in [-0.25, -0.2) is 4.79 Å². The lowest BCUT2D eigenvalue weighted by Gasteiger charge is -2.24. The van der Waals surface area contributed by atoms with Gasteiger partial charge in [-0.15, -0.1) is 0 Å². The third-order valence-electron chi connectivity index (χ3n) is 3.70. The Morgan fingerprint density at radius 2 is 1.71 bits per heavy atom. The van der Waals surface area contributed by atoms with Crippen LogP contribution in [-0.2, 0) is 5.41 Å². The van der Waals surface area contributed by atoms with Crippen LogP contribution in [0.25, 0.3) is 0 Å². The molecule has 0 aliphatic heterocycles. The number of carboxylic acid groups (broad SMARTS) is 1. The molecule has 2 aromatic carbocycles. The first-order valence-corrected chi connectivity index (χ1v) is 7.98. The van der Waals surface area contributed by atoms with Crippen molar-refractivity contribution in [1.29, 1.82) is 0 Å². The van der Waals surface area contributed by atoms with Crippen LogP contribution in [0.1, 0.15) is 42.3 Å². The summed E-state index contributed by atoms with van der Waals surface area (Å²) in [7, 11) is 0. The van der Waals surface area contributed by atoms with Gasteiger partial charge in [-0.1, -0.05) is 45.0 Å².